The molecule has 0 bridgehead atoms. The van der Waals surface area contributed by atoms with E-state index in [4.69, 9.17) is 10.5 Å². The summed E-state index contributed by atoms with van der Waals surface area (Å²) in [7, 11) is 0. The molecule has 0 aliphatic heterocycles. The Morgan fingerprint density at radius 1 is 1.25 bits per heavy atom. The molecule has 1 aromatic heterocycles. The van der Waals surface area contributed by atoms with Crippen LogP contribution in [0.25, 0.3) is 11.3 Å². The molecule has 0 spiro atoms. The second-order valence-electron chi connectivity index (χ2n) is 4.75. The fourth-order valence-electron chi connectivity index (χ4n) is 2.08. The van der Waals surface area contributed by atoms with Crippen LogP contribution in [-0.2, 0) is 6.54 Å². The van der Waals surface area contributed by atoms with Gasteiger partial charge in [0.2, 0.25) is 0 Å². The molecule has 3 N–H and O–H groups in total. The van der Waals surface area contributed by atoms with Gasteiger partial charge in [0.05, 0.1) is 6.61 Å². The molecule has 0 aliphatic rings. The van der Waals surface area contributed by atoms with E-state index in [0.717, 1.165) is 29.0 Å². The number of rotatable bonds is 5. The second kappa shape index (κ2) is 6.39. The third-order valence-corrected chi connectivity index (χ3v) is 3.20. The molecule has 1 heterocycles. The second-order valence-corrected chi connectivity index (χ2v) is 4.75. The Morgan fingerprint density at radius 2 is 1.95 bits per heavy atom. The first kappa shape index (κ1) is 14.3. The molecule has 0 atom stereocenters. The monoisotopic (exact) mass is 272 g/mol. The summed E-state index contributed by atoms with van der Waals surface area (Å²) in [5.41, 5.74) is 8.76. The molecule has 0 unspecified atom stereocenters. The van der Waals surface area contributed by atoms with Crippen molar-refractivity contribution in [2.75, 3.05) is 6.61 Å². The molecule has 4 nitrogen and oxygen atoms in total. The lowest BCUT2D eigenvalue weighted by molar-refractivity contribution is 0.317. The van der Waals surface area contributed by atoms with E-state index >= 15 is 0 Å². The van der Waals surface area contributed by atoms with Gasteiger partial charge in [-0.3, -0.25) is 4.79 Å². The number of nitrogens with one attached hydrogen (secondary N) is 1. The molecule has 0 saturated heterocycles. The fraction of sp³-hybridized carbons (Fsp3) is 0.312. The maximum atomic E-state index is 11.9. The number of ether oxygens (including phenoxy) is 1. The van der Waals surface area contributed by atoms with E-state index in [-0.39, 0.29) is 12.1 Å². The first-order valence-corrected chi connectivity index (χ1v) is 6.81. The van der Waals surface area contributed by atoms with Crippen LogP contribution in [0.15, 0.2) is 35.1 Å². The minimum atomic E-state index is -0.117. The van der Waals surface area contributed by atoms with E-state index < -0.39 is 0 Å². The number of benzene rings is 1. The number of aromatic nitrogens is 1. The van der Waals surface area contributed by atoms with Gasteiger partial charge in [-0.25, -0.2) is 0 Å². The zero-order chi connectivity index (χ0) is 14.5. The highest BCUT2D eigenvalue weighted by Gasteiger charge is 2.06. The van der Waals surface area contributed by atoms with Gasteiger partial charge < -0.3 is 15.5 Å². The molecule has 0 fully saturated rings. The highest BCUT2D eigenvalue weighted by Crippen LogP contribution is 2.21. The van der Waals surface area contributed by atoms with Crippen molar-refractivity contribution in [3.8, 4) is 17.0 Å². The van der Waals surface area contributed by atoms with Gasteiger partial charge in [0.1, 0.15) is 5.75 Å². The van der Waals surface area contributed by atoms with Gasteiger partial charge in [0.15, 0.2) is 0 Å². The lowest BCUT2D eigenvalue weighted by Gasteiger charge is -2.08. The topological polar surface area (TPSA) is 68.1 Å². The van der Waals surface area contributed by atoms with Crippen molar-refractivity contribution >= 4 is 0 Å². The normalized spacial score (nSPS) is 10.6. The number of aryl methyl sites for hydroxylation is 1. The quantitative estimate of drug-likeness (QED) is 0.879. The minimum absolute atomic E-state index is 0.117. The zero-order valence-electron chi connectivity index (χ0n) is 11.9. The number of pyridine rings is 1. The Hall–Kier alpha value is -2.07. The van der Waals surface area contributed by atoms with Gasteiger partial charge in [0.25, 0.3) is 5.56 Å². The van der Waals surface area contributed by atoms with E-state index in [1.807, 2.05) is 37.3 Å². The van der Waals surface area contributed by atoms with Gasteiger partial charge >= 0.3 is 0 Å². The number of hydrogen-bond acceptors (Lipinski definition) is 3. The fourth-order valence-corrected chi connectivity index (χ4v) is 2.08. The predicted molar refractivity (Wildman–Crippen MR) is 80.9 cm³/mol. The lowest BCUT2D eigenvalue weighted by Crippen LogP contribution is -2.18. The molecule has 0 saturated carbocycles. The van der Waals surface area contributed by atoms with Crippen LogP contribution in [0.3, 0.4) is 0 Å². The van der Waals surface area contributed by atoms with Gasteiger partial charge in [0, 0.05) is 17.8 Å². The SMILES string of the molecule is CCCOc1ccc(-c2cc(C)c(CN)c(=O)[nH]2)cc1. The molecule has 2 aromatic rings. The largest absolute Gasteiger partial charge is 0.494 e. The molecular formula is C16H20N2O2. The highest BCUT2D eigenvalue weighted by atomic mass is 16.5. The Kier molecular flexibility index (Phi) is 4.58. The van der Waals surface area contributed by atoms with Crippen molar-refractivity contribution < 1.29 is 4.74 Å². The van der Waals surface area contributed by atoms with Crippen LogP contribution < -0.4 is 16.0 Å². The van der Waals surface area contributed by atoms with Crippen molar-refractivity contribution in [2.45, 2.75) is 26.8 Å². The van der Waals surface area contributed by atoms with Crippen LogP contribution in [0.5, 0.6) is 5.75 Å². The molecule has 1 aromatic carbocycles. The maximum Gasteiger partial charge on any atom is 0.253 e. The first-order valence-electron chi connectivity index (χ1n) is 6.81. The minimum Gasteiger partial charge on any atom is -0.494 e. The molecule has 106 valence electrons. The lowest BCUT2D eigenvalue weighted by atomic mass is 10.1. The van der Waals surface area contributed by atoms with Crippen LogP contribution in [0.2, 0.25) is 0 Å². The Morgan fingerprint density at radius 3 is 2.50 bits per heavy atom. The third-order valence-electron chi connectivity index (χ3n) is 3.20. The average molecular weight is 272 g/mol. The van der Waals surface area contributed by atoms with Gasteiger partial charge in [-0.2, -0.15) is 0 Å². The van der Waals surface area contributed by atoms with Gasteiger partial charge in [-0.05, 0) is 54.8 Å². The van der Waals surface area contributed by atoms with Crippen LogP contribution >= 0.6 is 0 Å². The van der Waals surface area contributed by atoms with E-state index in [0.29, 0.717) is 12.2 Å². The summed E-state index contributed by atoms with van der Waals surface area (Å²) in [6.45, 7) is 4.94. The molecule has 0 aliphatic carbocycles. The van der Waals surface area contributed by atoms with Gasteiger partial charge in [-0.1, -0.05) is 6.92 Å². The average Bonchev–Trinajstić information content (AvgIpc) is 2.45. The number of aromatic amines is 1. The van der Waals surface area contributed by atoms with Crippen molar-refractivity contribution in [1.29, 1.82) is 0 Å². The van der Waals surface area contributed by atoms with E-state index in [2.05, 4.69) is 11.9 Å². The number of nitrogens with two attached hydrogens (primary N) is 1. The number of hydrogen-bond donors (Lipinski definition) is 2. The van der Waals surface area contributed by atoms with Crippen molar-refractivity contribution in [2.24, 2.45) is 5.73 Å². The van der Waals surface area contributed by atoms with Crippen molar-refractivity contribution in [1.82, 2.24) is 4.98 Å². The Balaban J connectivity index is 2.30. The molecule has 4 heteroatoms. The molecule has 2 rings (SSSR count). The first-order chi connectivity index (χ1) is 9.65. The predicted octanol–water partition coefficient (Wildman–Crippen LogP) is 2.60. The molecular weight excluding hydrogens is 252 g/mol. The maximum absolute atomic E-state index is 11.9. The Labute approximate surface area is 118 Å². The number of H-pyrrole nitrogens is 1. The van der Waals surface area contributed by atoms with Crippen LogP contribution in [0, 0.1) is 6.92 Å². The summed E-state index contributed by atoms with van der Waals surface area (Å²) < 4.78 is 5.54. The van der Waals surface area contributed by atoms with Gasteiger partial charge in [-0.15, -0.1) is 0 Å². The summed E-state index contributed by atoms with van der Waals surface area (Å²) in [5, 5.41) is 0. The summed E-state index contributed by atoms with van der Waals surface area (Å²) >= 11 is 0. The summed E-state index contributed by atoms with van der Waals surface area (Å²) in [4.78, 5) is 14.8. The molecule has 0 amide bonds. The Bertz CT molecular complexity index is 630. The summed E-state index contributed by atoms with van der Waals surface area (Å²) in [6, 6.07) is 9.66. The van der Waals surface area contributed by atoms with Crippen LogP contribution in [-0.4, -0.2) is 11.6 Å². The van der Waals surface area contributed by atoms with E-state index in [9.17, 15) is 4.79 Å². The molecule has 20 heavy (non-hydrogen) atoms. The highest BCUT2D eigenvalue weighted by molar-refractivity contribution is 5.61. The van der Waals surface area contributed by atoms with Crippen LogP contribution in [0.4, 0.5) is 0 Å². The standard InChI is InChI=1S/C16H20N2O2/c1-3-8-20-13-6-4-12(5-7-13)15-9-11(2)14(10-17)16(19)18-15/h4-7,9H,3,8,10,17H2,1-2H3,(H,18,19). The molecule has 0 radical (unpaired) electrons. The van der Waals surface area contributed by atoms with E-state index in [1.54, 1.807) is 0 Å². The van der Waals surface area contributed by atoms with Crippen LogP contribution in [0.1, 0.15) is 24.5 Å². The van der Waals surface area contributed by atoms with Crippen molar-refractivity contribution in [3.05, 3.63) is 51.8 Å². The smallest absolute Gasteiger partial charge is 0.253 e. The summed E-state index contributed by atoms with van der Waals surface area (Å²) in [5.74, 6) is 0.841. The van der Waals surface area contributed by atoms with E-state index in [1.165, 1.54) is 0 Å². The summed E-state index contributed by atoms with van der Waals surface area (Å²) in [6.07, 6.45) is 0.981. The zero-order valence-corrected chi connectivity index (χ0v) is 11.9. The van der Waals surface area contributed by atoms with Crippen molar-refractivity contribution in [3.63, 3.8) is 0 Å². The third kappa shape index (κ3) is 3.08.